The van der Waals surface area contributed by atoms with Gasteiger partial charge in [0.25, 0.3) is 0 Å². The topological polar surface area (TPSA) is 62.7 Å². The van der Waals surface area contributed by atoms with Gasteiger partial charge in [0.05, 0.1) is 12.6 Å². The van der Waals surface area contributed by atoms with Gasteiger partial charge in [0, 0.05) is 24.5 Å². The van der Waals surface area contributed by atoms with E-state index in [4.69, 9.17) is 4.74 Å². The van der Waals surface area contributed by atoms with E-state index in [0.717, 1.165) is 69.4 Å². The Balaban J connectivity index is 1.32. The summed E-state index contributed by atoms with van der Waals surface area (Å²) < 4.78 is 5.43. The van der Waals surface area contributed by atoms with E-state index in [2.05, 4.69) is 53.2 Å². The maximum absolute atomic E-state index is 11.3. The summed E-state index contributed by atoms with van der Waals surface area (Å²) in [7, 11) is 1.70. The van der Waals surface area contributed by atoms with Crippen LogP contribution in [0.4, 0.5) is 0 Å². The highest BCUT2D eigenvalue weighted by Gasteiger charge is 2.29. The van der Waals surface area contributed by atoms with Crippen LogP contribution < -0.4 is 4.74 Å². The van der Waals surface area contributed by atoms with Gasteiger partial charge in [-0.1, -0.05) is 24.3 Å². The molecule has 2 atom stereocenters. The van der Waals surface area contributed by atoms with Crippen molar-refractivity contribution in [3.05, 3.63) is 71.4 Å². The van der Waals surface area contributed by atoms with Crippen LogP contribution in [0.25, 0.3) is 10.9 Å². The lowest BCUT2D eigenvalue weighted by Gasteiger charge is -2.39. The lowest BCUT2D eigenvalue weighted by atomic mass is 9.79. The molecule has 1 saturated heterocycles. The number of aryl methyl sites for hydroxylation is 3. The van der Waals surface area contributed by atoms with Gasteiger partial charge in [0.2, 0.25) is 0 Å². The zero-order chi connectivity index (χ0) is 25.3. The number of nitrogens with zero attached hydrogens (tertiary/aromatic N) is 2. The third-order valence-corrected chi connectivity index (χ3v) is 7.95. The van der Waals surface area contributed by atoms with E-state index in [1.165, 1.54) is 28.5 Å². The molecule has 1 N–H and O–H groups in total. The molecule has 0 radical (unpaired) electrons. The molecule has 5 nitrogen and oxygen atoms in total. The first-order valence-electron chi connectivity index (χ1n) is 13.4. The highest BCUT2D eigenvalue weighted by Crippen LogP contribution is 2.32. The average Bonchev–Trinajstić information content (AvgIpc) is 2.89. The molecule has 1 fully saturated rings. The first-order chi connectivity index (χ1) is 17.5. The summed E-state index contributed by atoms with van der Waals surface area (Å²) in [4.78, 5) is 18.4. The van der Waals surface area contributed by atoms with E-state index < -0.39 is 5.97 Å². The van der Waals surface area contributed by atoms with E-state index in [1.54, 1.807) is 7.11 Å². The monoisotopic (exact) mass is 488 g/mol. The number of benzene rings is 2. The zero-order valence-corrected chi connectivity index (χ0v) is 21.8. The Hall–Kier alpha value is -2.92. The molecule has 1 aliphatic rings. The van der Waals surface area contributed by atoms with Gasteiger partial charge in [0.1, 0.15) is 5.75 Å². The van der Waals surface area contributed by atoms with E-state index in [1.807, 2.05) is 18.3 Å². The second kappa shape index (κ2) is 12.9. The molecule has 0 amide bonds. The third-order valence-electron chi connectivity index (χ3n) is 7.95. The molecule has 36 heavy (non-hydrogen) atoms. The maximum Gasteiger partial charge on any atom is 0.303 e. The quantitative estimate of drug-likeness (QED) is 0.324. The molecule has 0 unspecified atom stereocenters. The number of aliphatic carboxylic acids is 1. The maximum atomic E-state index is 11.3. The molecule has 1 aromatic heterocycles. The number of ether oxygens (including phenoxy) is 1. The van der Waals surface area contributed by atoms with Gasteiger partial charge in [-0.3, -0.25) is 9.78 Å². The number of likely N-dealkylation sites (tertiary alicyclic amines) is 1. The summed E-state index contributed by atoms with van der Waals surface area (Å²) in [5.74, 6) is 1.24. The number of pyridine rings is 1. The van der Waals surface area contributed by atoms with Crippen LogP contribution in [-0.2, 0) is 17.6 Å². The number of rotatable bonds is 12. The molecule has 4 rings (SSSR count). The van der Waals surface area contributed by atoms with Crippen LogP contribution in [0.5, 0.6) is 5.75 Å². The van der Waals surface area contributed by atoms with Gasteiger partial charge >= 0.3 is 5.97 Å². The van der Waals surface area contributed by atoms with Crippen molar-refractivity contribution in [2.24, 2.45) is 11.8 Å². The fourth-order valence-electron chi connectivity index (χ4n) is 5.84. The second-order valence-electron chi connectivity index (χ2n) is 10.3. The minimum Gasteiger partial charge on any atom is -0.497 e. The Bertz CT molecular complexity index is 1150. The summed E-state index contributed by atoms with van der Waals surface area (Å²) in [5.41, 5.74) is 5.13. The SMILES string of the molecule is COc1ccc2nccc(CCC[C@@H]3CCN(CCCc4ccccc4C)C[C@@H]3CCC(=O)O)c2c1. The fraction of sp³-hybridized carbons (Fsp3) is 0.484. The van der Waals surface area contributed by atoms with Crippen molar-refractivity contribution >= 4 is 16.9 Å². The molecule has 0 saturated carbocycles. The van der Waals surface area contributed by atoms with Crippen molar-refractivity contribution < 1.29 is 14.6 Å². The second-order valence-corrected chi connectivity index (χ2v) is 10.3. The van der Waals surface area contributed by atoms with Crippen LogP contribution in [0.2, 0.25) is 0 Å². The van der Waals surface area contributed by atoms with Crippen LogP contribution in [0.3, 0.4) is 0 Å². The predicted molar refractivity (Wildman–Crippen MR) is 146 cm³/mol. The Kier molecular flexibility index (Phi) is 9.35. The predicted octanol–water partition coefficient (Wildman–Crippen LogP) is 6.31. The van der Waals surface area contributed by atoms with Gasteiger partial charge < -0.3 is 14.7 Å². The molecular formula is C31H40N2O3. The van der Waals surface area contributed by atoms with E-state index in [-0.39, 0.29) is 6.42 Å². The number of methoxy groups -OCH3 is 1. The van der Waals surface area contributed by atoms with E-state index in [9.17, 15) is 9.90 Å². The van der Waals surface area contributed by atoms with Crippen molar-refractivity contribution in [1.29, 1.82) is 0 Å². The van der Waals surface area contributed by atoms with Crippen molar-refractivity contribution in [3.8, 4) is 5.75 Å². The Labute approximate surface area is 215 Å². The van der Waals surface area contributed by atoms with Gasteiger partial charge in [-0.15, -0.1) is 0 Å². The molecular weight excluding hydrogens is 448 g/mol. The van der Waals surface area contributed by atoms with Crippen molar-refractivity contribution in [3.63, 3.8) is 0 Å². The Morgan fingerprint density at radius 2 is 1.89 bits per heavy atom. The van der Waals surface area contributed by atoms with Crippen LogP contribution in [0.15, 0.2) is 54.7 Å². The standard InChI is InChI=1S/C31H40N2O3/c1-23-7-3-4-8-24(23)11-6-19-33-20-17-25(27(22-33)12-15-31(34)35)9-5-10-26-16-18-32-30-14-13-28(36-2)21-29(26)30/h3-4,7-8,13-14,16,18,21,25,27H,5-6,9-12,15,17,19-20,22H2,1-2H3,(H,34,35)/t25-,27+/m1/s1. The summed E-state index contributed by atoms with van der Waals surface area (Å²) in [6, 6.07) is 16.8. The molecule has 3 aromatic rings. The fourth-order valence-corrected chi connectivity index (χ4v) is 5.84. The lowest BCUT2D eigenvalue weighted by molar-refractivity contribution is -0.137. The molecule has 192 valence electrons. The molecule has 0 aliphatic carbocycles. The van der Waals surface area contributed by atoms with Gasteiger partial charge in [-0.25, -0.2) is 0 Å². The normalized spacial score (nSPS) is 18.4. The first-order valence-corrected chi connectivity index (χ1v) is 13.4. The number of hydrogen-bond acceptors (Lipinski definition) is 4. The molecule has 2 heterocycles. The van der Waals surface area contributed by atoms with Crippen molar-refractivity contribution in [2.75, 3.05) is 26.7 Å². The molecule has 0 spiro atoms. The van der Waals surface area contributed by atoms with Crippen LogP contribution in [0, 0.1) is 18.8 Å². The molecule has 2 aromatic carbocycles. The van der Waals surface area contributed by atoms with Crippen LogP contribution in [0.1, 0.15) is 55.2 Å². The van der Waals surface area contributed by atoms with Crippen LogP contribution >= 0.6 is 0 Å². The third kappa shape index (κ3) is 7.07. The van der Waals surface area contributed by atoms with Crippen molar-refractivity contribution in [2.45, 2.75) is 58.3 Å². The van der Waals surface area contributed by atoms with Gasteiger partial charge in [-0.2, -0.15) is 0 Å². The first kappa shape index (κ1) is 26.2. The highest BCUT2D eigenvalue weighted by molar-refractivity contribution is 5.83. The van der Waals surface area contributed by atoms with E-state index in [0.29, 0.717) is 11.8 Å². The summed E-state index contributed by atoms with van der Waals surface area (Å²) in [6.45, 7) is 5.43. The van der Waals surface area contributed by atoms with E-state index >= 15 is 0 Å². The Morgan fingerprint density at radius 3 is 2.69 bits per heavy atom. The highest BCUT2D eigenvalue weighted by atomic mass is 16.5. The largest absolute Gasteiger partial charge is 0.497 e. The van der Waals surface area contributed by atoms with Crippen molar-refractivity contribution in [1.82, 2.24) is 9.88 Å². The number of carboxylic acid groups (broad SMARTS) is 1. The number of piperidine rings is 1. The van der Waals surface area contributed by atoms with Gasteiger partial charge in [-0.05, 0) is 118 Å². The van der Waals surface area contributed by atoms with Crippen LogP contribution in [-0.4, -0.2) is 47.7 Å². The Morgan fingerprint density at radius 1 is 1.06 bits per heavy atom. The average molecular weight is 489 g/mol. The summed E-state index contributed by atoms with van der Waals surface area (Å²) in [5, 5.41) is 10.5. The number of aromatic nitrogens is 1. The molecule has 1 aliphatic heterocycles. The summed E-state index contributed by atoms with van der Waals surface area (Å²) in [6.07, 6.45) is 9.64. The molecule has 0 bridgehead atoms. The number of carboxylic acids is 1. The number of carbonyl (C=O) groups is 1. The summed E-state index contributed by atoms with van der Waals surface area (Å²) >= 11 is 0. The smallest absolute Gasteiger partial charge is 0.303 e. The zero-order valence-electron chi connectivity index (χ0n) is 21.8. The van der Waals surface area contributed by atoms with Gasteiger partial charge in [0.15, 0.2) is 0 Å². The number of hydrogen-bond donors (Lipinski definition) is 1. The lowest BCUT2D eigenvalue weighted by Crippen LogP contribution is -2.41. The minimum absolute atomic E-state index is 0.271. The minimum atomic E-state index is -0.678. The molecule has 5 heteroatoms. The number of fused-ring (bicyclic) bond motifs is 1.